The molecule has 4 atom stereocenters. The molecule has 1 spiro atoms. The van der Waals surface area contributed by atoms with Gasteiger partial charge in [-0.3, -0.25) is 0 Å². The van der Waals surface area contributed by atoms with Gasteiger partial charge in [0.05, 0.1) is 38.6 Å². The number of hydrogen-bond donors (Lipinski definition) is 1. The van der Waals surface area contributed by atoms with Gasteiger partial charge >= 0.3 is 0 Å². The Kier molecular flexibility index (Phi) is 4.98. The molecule has 4 nitrogen and oxygen atoms in total. The van der Waals surface area contributed by atoms with E-state index in [2.05, 4.69) is 52.1 Å². The molecule has 1 fully saturated rings. The van der Waals surface area contributed by atoms with E-state index in [-0.39, 0.29) is 23.2 Å². The normalized spacial score (nSPS) is 34.1. The van der Waals surface area contributed by atoms with Gasteiger partial charge in [0.15, 0.2) is 17.1 Å². The number of hydrogen-bond acceptors (Lipinski definition) is 3. The van der Waals surface area contributed by atoms with Crippen molar-refractivity contribution >= 4 is 0 Å². The Labute approximate surface area is 186 Å². The van der Waals surface area contributed by atoms with E-state index in [4.69, 9.17) is 14.2 Å². The standard InChI is InChI=1S/C25H33NO3.ClH/c1-7-23(8-2)16-10-12-18(27-5)21-20(16)24-14-15-26(4)22(23)17(24)11-13-19(28-6)25(24,9-3)29-21;/h10-13,22H,7-9,14-15H2,1-6H3;1H/t22-,24-,25-;/m0./s1. The van der Waals surface area contributed by atoms with Gasteiger partial charge in [-0.2, -0.15) is 0 Å². The van der Waals surface area contributed by atoms with Gasteiger partial charge in [0, 0.05) is 17.6 Å². The number of likely N-dealkylation sites (tertiary alicyclic amines) is 1. The second-order valence-electron chi connectivity index (χ2n) is 9.21. The highest BCUT2D eigenvalue weighted by molar-refractivity contribution is 5.71. The average Bonchev–Trinajstić information content (AvgIpc) is 3.06. The highest BCUT2D eigenvalue weighted by Gasteiger charge is 2.74. The van der Waals surface area contributed by atoms with Gasteiger partial charge in [0.2, 0.25) is 0 Å². The molecule has 1 unspecified atom stereocenters. The Morgan fingerprint density at radius 3 is 2.40 bits per heavy atom. The van der Waals surface area contributed by atoms with Crippen LogP contribution in [0.3, 0.4) is 0 Å². The molecule has 2 heterocycles. The Morgan fingerprint density at radius 2 is 1.80 bits per heavy atom. The van der Waals surface area contributed by atoms with Crippen LogP contribution in [0.4, 0.5) is 0 Å². The number of allylic oxidation sites excluding steroid dienone is 2. The summed E-state index contributed by atoms with van der Waals surface area (Å²) in [6, 6.07) is 4.93. The van der Waals surface area contributed by atoms with Crippen LogP contribution in [0.5, 0.6) is 11.5 Å². The van der Waals surface area contributed by atoms with Crippen LogP contribution in [-0.2, 0) is 15.6 Å². The molecule has 0 aromatic heterocycles. The monoisotopic (exact) mass is 431 g/mol. The molecule has 0 saturated carbocycles. The fraction of sp³-hybridized carbons (Fsp3) is 0.600. The third-order valence-electron chi connectivity index (χ3n) is 8.81. The second-order valence-corrected chi connectivity index (χ2v) is 9.21. The van der Waals surface area contributed by atoms with E-state index in [0.29, 0.717) is 6.04 Å². The van der Waals surface area contributed by atoms with Crippen molar-refractivity contribution in [2.75, 3.05) is 27.8 Å². The van der Waals surface area contributed by atoms with Gasteiger partial charge in [-0.15, -0.1) is 0 Å². The molecular formula is C25H34ClNO3. The van der Waals surface area contributed by atoms with E-state index in [9.17, 15) is 0 Å². The van der Waals surface area contributed by atoms with Crippen LogP contribution in [0.2, 0.25) is 0 Å². The largest absolute Gasteiger partial charge is 1.00 e. The van der Waals surface area contributed by atoms with Gasteiger partial charge < -0.3 is 31.5 Å². The predicted octanol–water partition coefficient (Wildman–Crippen LogP) is 0.307. The summed E-state index contributed by atoms with van der Waals surface area (Å²) >= 11 is 0. The zero-order valence-electron chi connectivity index (χ0n) is 19.0. The summed E-state index contributed by atoms with van der Waals surface area (Å²) in [4.78, 5) is 1.62. The third-order valence-corrected chi connectivity index (χ3v) is 8.81. The third kappa shape index (κ3) is 2.03. The van der Waals surface area contributed by atoms with Crippen molar-refractivity contribution < 1.29 is 31.5 Å². The smallest absolute Gasteiger partial charge is 0.179 e. The van der Waals surface area contributed by atoms with Gasteiger partial charge in [0.25, 0.3) is 0 Å². The number of ether oxygens (including phenoxy) is 3. The van der Waals surface area contributed by atoms with Crippen molar-refractivity contribution in [3.8, 4) is 11.5 Å². The molecule has 1 saturated heterocycles. The number of rotatable bonds is 5. The molecule has 4 aliphatic rings. The zero-order valence-corrected chi connectivity index (χ0v) is 19.8. The Bertz CT molecular complexity index is 935. The van der Waals surface area contributed by atoms with Gasteiger partial charge in [0.1, 0.15) is 11.8 Å². The summed E-state index contributed by atoms with van der Waals surface area (Å²) in [5.74, 6) is 2.75. The molecule has 1 aromatic rings. The molecule has 1 N–H and O–H groups in total. The topological polar surface area (TPSA) is 32.1 Å². The maximum absolute atomic E-state index is 6.99. The lowest BCUT2D eigenvalue weighted by atomic mass is 9.46. The van der Waals surface area contributed by atoms with Crippen LogP contribution in [0.1, 0.15) is 57.6 Å². The summed E-state index contributed by atoms with van der Waals surface area (Å²) in [6.07, 6.45) is 8.75. The highest BCUT2D eigenvalue weighted by Crippen LogP contribution is 2.69. The van der Waals surface area contributed by atoms with E-state index in [1.54, 1.807) is 24.7 Å². The minimum Gasteiger partial charge on any atom is -1.00 e. The molecule has 30 heavy (non-hydrogen) atoms. The summed E-state index contributed by atoms with van der Waals surface area (Å²) in [6.45, 7) is 8.10. The zero-order chi connectivity index (χ0) is 20.6. The van der Waals surface area contributed by atoms with E-state index in [0.717, 1.165) is 49.5 Å². The molecule has 1 aromatic carbocycles. The molecule has 2 aliphatic heterocycles. The van der Waals surface area contributed by atoms with E-state index >= 15 is 0 Å². The fourth-order valence-corrected chi connectivity index (χ4v) is 7.56. The first-order chi connectivity index (χ1) is 14.0. The van der Waals surface area contributed by atoms with Crippen molar-refractivity contribution in [1.29, 1.82) is 0 Å². The van der Waals surface area contributed by atoms with Crippen LogP contribution < -0.4 is 26.8 Å². The summed E-state index contributed by atoms with van der Waals surface area (Å²) in [5.41, 5.74) is 3.89. The molecule has 164 valence electrons. The SMILES string of the molecule is CCC1(CC)c2ccc(OC)c3c2[C@]24CC[NH+](C)[C@H]1C2=CC=C(OC)[C@]4(CC)O3.[Cl-]. The fourth-order valence-electron chi connectivity index (χ4n) is 7.56. The Hall–Kier alpha value is -1.65. The van der Waals surface area contributed by atoms with Crippen LogP contribution in [0.15, 0.2) is 35.6 Å². The van der Waals surface area contributed by atoms with Crippen molar-refractivity contribution in [2.24, 2.45) is 0 Å². The number of nitrogens with one attached hydrogen (secondary N) is 1. The maximum atomic E-state index is 6.99. The number of benzene rings is 1. The highest BCUT2D eigenvalue weighted by atomic mass is 35.5. The van der Waals surface area contributed by atoms with E-state index in [1.807, 2.05) is 0 Å². The second kappa shape index (κ2) is 6.93. The van der Waals surface area contributed by atoms with Crippen molar-refractivity contribution in [3.05, 3.63) is 46.7 Å². The molecular weight excluding hydrogens is 398 g/mol. The Morgan fingerprint density at radius 1 is 1.07 bits per heavy atom. The molecule has 5 rings (SSSR count). The number of quaternary nitrogens is 1. The number of piperidine rings is 1. The first kappa shape index (κ1) is 21.6. The molecule has 2 aliphatic carbocycles. The molecule has 5 heteroatoms. The molecule has 0 radical (unpaired) electrons. The first-order valence-corrected chi connectivity index (χ1v) is 11.2. The van der Waals surface area contributed by atoms with Crippen LogP contribution in [-0.4, -0.2) is 39.5 Å². The molecule has 2 bridgehead atoms. The van der Waals surface area contributed by atoms with Gasteiger partial charge in [-0.05, 0) is 37.0 Å². The van der Waals surface area contributed by atoms with Crippen LogP contribution in [0, 0.1) is 0 Å². The van der Waals surface area contributed by atoms with Gasteiger partial charge in [-0.25, -0.2) is 0 Å². The molecule has 0 amide bonds. The number of likely N-dealkylation sites (N-methyl/N-ethyl adjacent to an activating group) is 1. The lowest BCUT2D eigenvalue weighted by molar-refractivity contribution is -0.912. The minimum atomic E-state index is -0.482. The number of halogens is 1. The van der Waals surface area contributed by atoms with Crippen molar-refractivity contribution in [1.82, 2.24) is 0 Å². The van der Waals surface area contributed by atoms with E-state index in [1.165, 1.54) is 11.1 Å². The Balaban J connectivity index is 0.00000218. The lowest BCUT2D eigenvalue weighted by Gasteiger charge is -2.60. The van der Waals surface area contributed by atoms with Crippen molar-refractivity contribution in [2.45, 2.75) is 68.9 Å². The quantitative estimate of drug-likeness (QED) is 0.728. The van der Waals surface area contributed by atoms with Crippen molar-refractivity contribution in [3.63, 3.8) is 0 Å². The first-order valence-electron chi connectivity index (χ1n) is 11.2. The minimum absolute atomic E-state index is 0. The van der Waals surface area contributed by atoms with Gasteiger partial charge in [-0.1, -0.05) is 32.9 Å². The maximum Gasteiger partial charge on any atom is 0.179 e. The lowest BCUT2D eigenvalue weighted by Crippen LogP contribution is -3.17. The van der Waals surface area contributed by atoms with Crippen LogP contribution in [0.25, 0.3) is 0 Å². The predicted molar refractivity (Wildman–Crippen MR) is 114 cm³/mol. The summed E-state index contributed by atoms with van der Waals surface area (Å²) in [7, 11) is 5.92. The average molecular weight is 432 g/mol. The summed E-state index contributed by atoms with van der Waals surface area (Å²) < 4.78 is 18.8. The summed E-state index contributed by atoms with van der Waals surface area (Å²) in [5, 5.41) is 0. The number of methoxy groups -OCH3 is 2. The van der Waals surface area contributed by atoms with Crippen LogP contribution >= 0.6 is 0 Å². The van der Waals surface area contributed by atoms with E-state index < -0.39 is 5.60 Å².